The van der Waals surface area contributed by atoms with E-state index in [1.165, 1.54) is 44.1 Å². The lowest BCUT2D eigenvalue weighted by molar-refractivity contribution is 0.593. The molecule has 27 heavy (non-hydrogen) atoms. The van der Waals surface area contributed by atoms with Crippen molar-refractivity contribution < 1.29 is 0 Å². The number of benzene rings is 3. The van der Waals surface area contributed by atoms with Crippen molar-refractivity contribution in [3.63, 3.8) is 0 Å². The molecule has 0 bridgehead atoms. The summed E-state index contributed by atoms with van der Waals surface area (Å²) in [5.41, 5.74) is 8.01. The number of aromatic amines is 1. The number of rotatable bonds is 1. The maximum Gasteiger partial charge on any atom is 0.0503 e. The van der Waals surface area contributed by atoms with E-state index in [0.29, 0.717) is 0 Å². The van der Waals surface area contributed by atoms with Gasteiger partial charge in [0.05, 0.1) is 11.0 Å². The fourth-order valence-corrected chi connectivity index (χ4v) is 4.04. The van der Waals surface area contributed by atoms with Gasteiger partial charge in [-0.3, -0.25) is 0 Å². The van der Waals surface area contributed by atoms with E-state index in [1.54, 1.807) is 0 Å². The van der Waals surface area contributed by atoms with Gasteiger partial charge in [0.2, 0.25) is 0 Å². The minimum absolute atomic E-state index is 0.0613. The Hall–Kier alpha value is -2.54. The third-order valence-corrected chi connectivity index (χ3v) is 5.47. The van der Waals surface area contributed by atoms with Crippen LogP contribution in [0.2, 0.25) is 0 Å². The van der Waals surface area contributed by atoms with E-state index in [9.17, 15) is 0 Å². The van der Waals surface area contributed by atoms with Gasteiger partial charge in [-0.2, -0.15) is 0 Å². The molecule has 0 saturated carbocycles. The molecule has 4 rings (SSSR count). The minimum atomic E-state index is 0.0613. The maximum absolute atomic E-state index is 3.81. The fraction of sp³-hybridized carbons (Fsp3) is 0.308. The van der Waals surface area contributed by atoms with Crippen LogP contribution in [0.5, 0.6) is 0 Å². The summed E-state index contributed by atoms with van der Waals surface area (Å²) in [5.74, 6) is 0. The van der Waals surface area contributed by atoms with Crippen LogP contribution < -0.4 is 0 Å². The largest absolute Gasteiger partial charge is 0.354 e. The standard InChI is InChI=1S/C26H29N/c1-25(2,3)21-14-10-13-19-20-15-18(17-11-8-7-9-12-17)16-22(26(4,5)6)24(20)27-23(19)21/h7-16,27H,1-6H3. The lowest BCUT2D eigenvalue weighted by atomic mass is 9.83. The zero-order valence-corrected chi connectivity index (χ0v) is 17.3. The second kappa shape index (κ2) is 5.99. The number of para-hydroxylation sites is 1. The highest BCUT2D eigenvalue weighted by molar-refractivity contribution is 6.11. The summed E-state index contributed by atoms with van der Waals surface area (Å²) in [6.07, 6.45) is 0. The third-order valence-electron chi connectivity index (χ3n) is 5.47. The van der Waals surface area contributed by atoms with Crippen LogP contribution in [-0.4, -0.2) is 4.98 Å². The first-order valence-corrected chi connectivity index (χ1v) is 9.81. The predicted molar refractivity (Wildman–Crippen MR) is 119 cm³/mol. The van der Waals surface area contributed by atoms with Crippen molar-refractivity contribution >= 4 is 21.8 Å². The average Bonchev–Trinajstić information content (AvgIpc) is 2.98. The van der Waals surface area contributed by atoms with E-state index >= 15 is 0 Å². The topological polar surface area (TPSA) is 15.8 Å². The van der Waals surface area contributed by atoms with Crippen molar-refractivity contribution in [1.29, 1.82) is 0 Å². The van der Waals surface area contributed by atoms with Crippen LogP contribution in [-0.2, 0) is 10.8 Å². The van der Waals surface area contributed by atoms with Crippen LogP contribution >= 0.6 is 0 Å². The van der Waals surface area contributed by atoms with Crippen LogP contribution in [0.3, 0.4) is 0 Å². The van der Waals surface area contributed by atoms with Gasteiger partial charge in [0, 0.05) is 10.8 Å². The molecule has 0 radical (unpaired) electrons. The Balaban J connectivity index is 2.13. The van der Waals surface area contributed by atoms with Gasteiger partial charge in [-0.1, -0.05) is 90.1 Å². The summed E-state index contributed by atoms with van der Waals surface area (Å²) in [7, 11) is 0. The number of hydrogen-bond donors (Lipinski definition) is 1. The smallest absolute Gasteiger partial charge is 0.0503 e. The molecule has 0 saturated heterocycles. The van der Waals surface area contributed by atoms with E-state index in [0.717, 1.165) is 0 Å². The Bertz CT molecular complexity index is 1120. The van der Waals surface area contributed by atoms with Gasteiger partial charge in [-0.05, 0) is 45.2 Å². The number of fused-ring (bicyclic) bond motifs is 3. The molecule has 0 aliphatic heterocycles. The molecule has 0 fully saturated rings. The number of hydrogen-bond acceptors (Lipinski definition) is 0. The zero-order chi connectivity index (χ0) is 19.4. The second-order valence-electron chi connectivity index (χ2n) is 9.67. The van der Waals surface area contributed by atoms with E-state index < -0.39 is 0 Å². The van der Waals surface area contributed by atoms with Crippen LogP contribution in [0.25, 0.3) is 32.9 Å². The average molecular weight is 356 g/mol. The van der Waals surface area contributed by atoms with Gasteiger partial charge in [-0.15, -0.1) is 0 Å². The van der Waals surface area contributed by atoms with Crippen molar-refractivity contribution in [3.8, 4) is 11.1 Å². The molecule has 138 valence electrons. The molecule has 1 aromatic heterocycles. The molecule has 1 heterocycles. The second-order valence-corrected chi connectivity index (χ2v) is 9.67. The van der Waals surface area contributed by atoms with Crippen molar-refractivity contribution in [1.82, 2.24) is 4.98 Å². The molecular weight excluding hydrogens is 326 g/mol. The lowest BCUT2D eigenvalue weighted by Crippen LogP contribution is -2.12. The van der Waals surface area contributed by atoms with Crippen molar-refractivity contribution in [2.45, 2.75) is 52.4 Å². The molecule has 0 unspecified atom stereocenters. The highest BCUT2D eigenvalue weighted by Gasteiger charge is 2.23. The van der Waals surface area contributed by atoms with E-state index in [4.69, 9.17) is 0 Å². The molecule has 0 aliphatic carbocycles. The molecule has 3 aromatic carbocycles. The number of aromatic nitrogens is 1. The molecule has 0 amide bonds. The zero-order valence-electron chi connectivity index (χ0n) is 17.3. The first-order chi connectivity index (χ1) is 12.7. The van der Waals surface area contributed by atoms with Gasteiger partial charge in [0.1, 0.15) is 0 Å². The Morgan fingerprint density at radius 1 is 0.556 bits per heavy atom. The Morgan fingerprint density at radius 2 is 1.19 bits per heavy atom. The molecule has 1 N–H and O–H groups in total. The summed E-state index contributed by atoms with van der Waals surface area (Å²) in [5, 5.41) is 2.64. The van der Waals surface area contributed by atoms with Gasteiger partial charge in [0.15, 0.2) is 0 Å². The van der Waals surface area contributed by atoms with Crippen molar-refractivity contribution in [3.05, 3.63) is 71.8 Å². The predicted octanol–water partition coefficient (Wildman–Crippen LogP) is 7.58. The van der Waals surface area contributed by atoms with Gasteiger partial charge in [0.25, 0.3) is 0 Å². The monoisotopic (exact) mass is 355 g/mol. The normalized spacial score (nSPS) is 12.8. The summed E-state index contributed by atoms with van der Waals surface area (Å²) >= 11 is 0. The number of nitrogens with one attached hydrogen (secondary N) is 1. The highest BCUT2D eigenvalue weighted by Crippen LogP contribution is 2.40. The summed E-state index contributed by atoms with van der Waals surface area (Å²) in [6.45, 7) is 13.8. The quantitative estimate of drug-likeness (QED) is 0.362. The van der Waals surface area contributed by atoms with Crippen molar-refractivity contribution in [2.24, 2.45) is 0 Å². The Morgan fingerprint density at radius 3 is 1.81 bits per heavy atom. The van der Waals surface area contributed by atoms with E-state index in [1.807, 2.05) is 0 Å². The summed E-state index contributed by atoms with van der Waals surface area (Å²) in [4.78, 5) is 3.81. The van der Waals surface area contributed by atoms with Crippen LogP contribution in [0.15, 0.2) is 60.7 Å². The van der Waals surface area contributed by atoms with E-state index in [-0.39, 0.29) is 10.8 Å². The Labute approximate surface area is 162 Å². The SMILES string of the molecule is CC(C)(C)c1cccc2c1[nH]c1c(C(C)(C)C)cc(-c3ccccc3)cc12. The molecule has 1 heteroatoms. The van der Waals surface area contributed by atoms with Gasteiger partial charge >= 0.3 is 0 Å². The molecule has 1 nitrogen and oxygen atoms in total. The molecule has 0 atom stereocenters. The van der Waals surface area contributed by atoms with Crippen LogP contribution in [0.1, 0.15) is 52.7 Å². The maximum atomic E-state index is 3.81. The first-order valence-electron chi connectivity index (χ1n) is 9.81. The molecule has 0 aliphatic rings. The van der Waals surface area contributed by atoms with E-state index in [2.05, 4.69) is 107 Å². The number of H-pyrrole nitrogens is 1. The van der Waals surface area contributed by atoms with Crippen LogP contribution in [0.4, 0.5) is 0 Å². The van der Waals surface area contributed by atoms with Gasteiger partial charge in [-0.25, -0.2) is 0 Å². The molecule has 0 spiro atoms. The summed E-state index contributed by atoms with van der Waals surface area (Å²) < 4.78 is 0. The van der Waals surface area contributed by atoms with Crippen LogP contribution in [0, 0.1) is 0 Å². The highest BCUT2D eigenvalue weighted by atomic mass is 14.7. The molecular formula is C26H29N. The Kier molecular flexibility index (Phi) is 3.96. The fourth-order valence-electron chi connectivity index (χ4n) is 4.04. The summed E-state index contributed by atoms with van der Waals surface area (Å²) in [6, 6.07) is 22.1. The first kappa shape index (κ1) is 17.9. The van der Waals surface area contributed by atoms with Crippen molar-refractivity contribution in [2.75, 3.05) is 0 Å². The lowest BCUT2D eigenvalue weighted by Gasteiger charge is -2.21. The third kappa shape index (κ3) is 3.06. The minimum Gasteiger partial charge on any atom is -0.354 e. The van der Waals surface area contributed by atoms with Gasteiger partial charge < -0.3 is 4.98 Å². The molecule has 4 aromatic rings.